The fourth-order valence-electron chi connectivity index (χ4n) is 5.02. The molecule has 2 unspecified atom stereocenters. The number of anilines is 1. The van der Waals surface area contributed by atoms with Crippen molar-refractivity contribution in [3.8, 4) is 0 Å². The number of nitrogens with one attached hydrogen (secondary N) is 3. The van der Waals surface area contributed by atoms with Gasteiger partial charge < -0.3 is 25.4 Å². The van der Waals surface area contributed by atoms with Gasteiger partial charge in [0.25, 0.3) is 0 Å². The summed E-state index contributed by atoms with van der Waals surface area (Å²) in [5.41, 5.74) is 1.72. The van der Waals surface area contributed by atoms with Crippen molar-refractivity contribution >= 4 is 30.9 Å². The minimum absolute atomic E-state index is 0.0635. The molecule has 0 aliphatic rings. The van der Waals surface area contributed by atoms with Gasteiger partial charge in [0.2, 0.25) is 19.2 Å². The third-order valence-electron chi connectivity index (χ3n) is 7.28. The molecule has 2 rings (SSSR count). The first kappa shape index (κ1) is 35.0. The van der Waals surface area contributed by atoms with E-state index < -0.39 is 24.7 Å². The smallest absolute Gasteiger partial charge is 0.315 e. The molecule has 10 heteroatoms. The second-order valence-corrected chi connectivity index (χ2v) is 14.2. The number of hydrogen-bond donors (Lipinski definition) is 3. The molecular formula is C32H49N4O5P. The van der Waals surface area contributed by atoms with Gasteiger partial charge in [0.05, 0.1) is 0 Å². The molecule has 3 N–H and O–H groups in total. The lowest BCUT2D eigenvalue weighted by atomic mass is 10.0. The second-order valence-electron chi connectivity index (χ2n) is 11.2. The molecule has 0 saturated carbocycles. The number of urea groups is 1. The summed E-state index contributed by atoms with van der Waals surface area (Å²) < 4.78 is 20.5. The molecule has 42 heavy (non-hydrogen) atoms. The first-order chi connectivity index (χ1) is 20.0. The Balaban J connectivity index is 2.48. The van der Waals surface area contributed by atoms with Gasteiger partial charge in [-0.15, -0.1) is 0 Å². The molecule has 3 atom stereocenters. The van der Waals surface area contributed by atoms with Crippen molar-refractivity contribution in [3.63, 3.8) is 0 Å². The van der Waals surface area contributed by atoms with Crippen molar-refractivity contribution in [2.45, 2.75) is 84.5 Å². The van der Waals surface area contributed by atoms with E-state index in [0.717, 1.165) is 5.56 Å². The number of aryl methyl sites for hydroxylation is 1. The normalized spacial score (nSPS) is 14.7. The van der Waals surface area contributed by atoms with Crippen molar-refractivity contribution in [1.29, 1.82) is 0 Å². The van der Waals surface area contributed by atoms with Crippen LogP contribution in [0.3, 0.4) is 0 Å². The summed E-state index contributed by atoms with van der Waals surface area (Å²) in [6.45, 7) is 9.77. The number of amides is 4. The maximum absolute atomic E-state index is 14.7. The van der Waals surface area contributed by atoms with Crippen molar-refractivity contribution in [2.75, 3.05) is 25.3 Å². The summed E-state index contributed by atoms with van der Waals surface area (Å²) in [6.07, 6.45) is 2.45. The van der Waals surface area contributed by atoms with Crippen LogP contribution in [0.1, 0.15) is 72.3 Å². The van der Waals surface area contributed by atoms with E-state index in [4.69, 9.17) is 4.52 Å². The van der Waals surface area contributed by atoms with Crippen LogP contribution in [0.15, 0.2) is 60.7 Å². The molecule has 0 fully saturated rings. The van der Waals surface area contributed by atoms with Gasteiger partial charge in [-0.25, -0.2) is 4.79 Å². The minimum Gasteiger partial charge on any atom is -0.338 e. The monoisotopic (exact) mass is 600 g/mol. The number of benzene rings is 2. The second kappa shape index (κ2) is 17.1. The first-order valence-electron chi connectivity index (χ1n) is 14.9. The fraction of sp³-hybridized carbons (Fsp3) is 0.531. The zero-order valence-electron chi connectivity index (χ0n) is 26.0. The van der Waals surface area contributed by atoms with E-state index in [0.29, 0.717) is 44.3 Å². The molecule has 0 aromatic heterocycles. The largest absolute Gasteiger partial charge is 0.338 e. The van der Waals surface area contributed by atoms with E-state index in [9.17, 15) is 18.9 Å². The minimum atomic E-state index is -3.78. The molecule has 0 aliphatic heterocycles. The van der Waals surface area contributed by atoms with Crippen LogP contribution in [0.5, 0.6) is 0 Å². The van der Waals surface area contributed by atoms with Gasteiger partial charge in [-0.05, 0) is 63.1 Å². The predicted molar refractivity (Wildman–Crippen MR) is 170 cm³/mol. The molecule has 9 nitrogen and oxygen atoms in total. The van der Waals surface area contributed by atoms with Crippen LogP contribution in [0, 0.1) is 5.92 Å². The van der Waals surface area contributed by atoms with Crippen LogP contribution < -0.4 is 16.0 Å². The van der Waals surface area contributed by atoms with Gasteiger partial charge in [0.1, 0.15) is 17.6 Å². The van der Waals surface area contributed by atoms with Crippen LogP contribution in [0.4, 0.5) is 10.5 Å². The summed E-state index contributed by atoms with van der Waals surface area (Å²) in [7, 11) is -2.44. The highest BCUT2D eigenvalue weighted by atomic mass is 31.2. The number of carbonyl (C=O) groups excluding carboxylic acids is 3. The lowest BCUT2D eigenvalue weighted by molar-refractivity contribution is -0.138. The van der Waals surface area contributed by atoms with E-state index >= 15 is 0 Å². The van der Waals surface area contributed by atoms with E-state index in [1.165, 1.54) is 12.0 Å². The molecule has 0 bridgehead atoms. The number of carbonyl (C=O) groups is 3. The van der Waals surface area contributed by atoms with Gasteiger partial charge in [-0.1, -0.05) is 75.7 Å². The Morgan fingerprint density at radius 2 is 1.62 bits per heavy atom. The Hall–Kier alpha value is -3.16. The average molecular weight is 601 g/mol. The highest BCUT2D eigenvalue weighted by Crippen LogP contribution is 2.59. The summed E-state index contributed by atoms with van der Waals surface area (Å²) in [6, 6.07) is 17.6. The molecule has 4 amide bonds. The third kappa shape index (κ3) is 10.3. The summed E-state index contributed by atoms with van der Waals surface area (Å²) in [5.74, 6) is -0.578. The maximum Gasteiger partial charge on any atom is 0.315 e. The number of hydrogen-bond acceptors (Lipinski definition) is 5. The Morgan fingerprint density at radius 1 is 1.00 bits per heavy atom. The molecule has 232 valence electrons. The van der Waals surface area contributed by atoms with Crippen LogP contribution in [0.25, 0.3) is 0 Å². The zero-order valence-corrected chi connectivity index (χ0v) is 26.9. The van der Waals surface area contributed by atoms with E-state index in [2.05, 4.69) is 16.0 Å². The molecule has 0 spiro atoms. The Kier molecular flexibility index (Phi) is 14.2. The van der Waals surface area contributed by atoms with Crippen LogP contribution in [0.2, 0.25) is 0 Å². The van der Waals surface area contributed by atoms with Crippen LogP contribution in [-0.4, -0.2) is 54.0 Å². The highest BCUT2D eigenvalue weighted by Gasteiger charge is 2.48. The third-order valence-corrected chi connectivity index (χ3v) is 10.4. The van der Waals surface area contributed by atoms with Crippen LogP contribution >= 0.6 is 7.37 Å². The van der Waals surface area contributed by atoms with E-state index in [1.807, 2.05) is 69.3 Å². The lowest BCUT2D eigenvalue weighted by Crippen LogP contribution is -2.54. The van der Waals surface area contributed by atoms with Gasteiger partial charge >= 0.3 is 6.03 Å². The van der Waals surface area contributed by atoms with Gasteiger partial charge in [0.15, 0.2) is 0 Å². The SMILES string of the molecule is CCCC(C)(NC(=O)NCC)P(=O)(CN(C(=O)CCCc1ccccc1)[C@@H](CC(C)C)C(=O)Nc1ccccc1)OC. The number of para-hydroxylation sites is 1. The maximum atomic E-state index is 14.7. The number of nitrogens with zero attached hydrogens (tertiary/aromatic N) is 1. The Labute approximate surface area is 251 Å². The van der Waals surface area contributed by atoms with E-state index in [1.54, 1.807) is 26.0 Å². The molecule has 2 aromatic rings. The quantitative estimate of drug-likeness (QED) is 0.177. The average Bonchev–Trinajstić information content (AvgIpc) is 2.95. The standard InChI is InChI=1S/C32H49N4O5P/c1-7-22-32(5,35-31(39)33-8-2)42(40,41-6)24-36(29(37)21-15-18-26-16-11-9-12-17-26)28(23-25(3)4)30(38)34-27-19-13-10-14-20-27/h9-14,16-17,19-20,25,28H,7-8,15,18,21-24H2,1-6H3,(H,34,38)(H2,33,35,39)/t28-,32?,42?/m0/s1. The van der Waals surface area contributed by atoms with Crippen molar-refractivity contribution < 1.29 is 23.5 Å². The zero-order chi connectivity index (χ0) is 31.2. The van der Waals surface area contributed by atoms with E-state index in [-0.39, 0.29) is 30.4 Å². The van der Waals surface area contributed by atoms with Crippen molar-refractivity contribution in [2.24, 2.45) is 5.92 Å². The molecule has 2 aromatic carbocycles. The summed E-state index contributed by atoms with van der Waals surface area (Å²) in [4.78, 5) is 41.8. The molecule has 0 radical (unpaired) electrons. The summed E-state index contributed by atoms with van der Waals surface area (Å²) >= 11 is 0. The number of rotatable bonds is 17. The van der Waals surface area contributed by atoms with Crippen molar-refractivity contribution in [3.05, 3.63) is 66.2 Å². The van der Waals surface area contributed by atoms with Gasteiger partial charge in [-0.3, -0.25) is 14.2 Å². The Morgan fingerprint density at radius 3 is 2.17 bits per heavy atom. The lowest BCUT2D eigenvalue weighted by Gasteiger charge is -2.41. The highest BCUT2D eigenvalue weighted by molar-refractivity contribution is 7.60. The molecule has 0 saturated heterocycles. The molecule has 0 aliphatic carbocycles. The summed E-state index contributed by atoms with van der Waals surface area (Å²) in [5, 5.41) is 7.24. The molecular weight excluding hydrogens is 551 g/mol. The molecule has 0 heterocycles. The van der Waals surface area contributed by atoms with Crippen LogP contribution in [-0.2, 0) is 25.1 Å². The predicted octanol–water partition coefficient (Wildman–Crippen LogP) is 6.61. The first-order valence-corrected chi connectivity index (χ1v) is 16.7. The van der Waals surface area contributed by atoms with Gasteiger partial charge in [-0.2, -0.15) is 0 Å². The topological polar surface area (TPSA) is 117 Å². The Bertz CT molecular complexity index is 1180. The van der Waals surface area contributed by atoms with Gasteiger partial charge in [0, 0.05) is 25.8 Å². The van der Waals surface area contributed by atoms with Crippen molar-refractivity contribution in [1.82, 2.24) is 15.5 Å². The fourth-order valence-corrected chi connectivity index (χ4v) is 7.45.